The molecular formula is C18H21NO4. The summed E-state index contributed by atoms with van der Waals surface area (Å²) >= 11 is 0. The summed E-state index contributed by atoms with van der Waals surface area (Å²) in [5.74, 6) is -0.476. The monoisotopic (exact) mass is 315 g/mol. The summed E-state index contributed by atoms with van der Waals surface area (Å²) in [7, 11) is 0. The fourth-order valence-corrected chi connectivity index (χ4v) is 2.54. The highest BCUT2D eigenvalue weighted by Gasteiger charge is 2.27. The molecule has 2 rings (SSSR count). The zero-order chi connectivity index (χ0) is 16.9. The number of furan rings is 1. The first-order valence-corrected chi connectivity index (χ1v) is 7.47. The second kappa shape index (κ2) is 7.13. The first-order chi connectivity index (χ1) is 10.9. The van der Waals surface area contributed by atoms with Crippen LogP contribution < -0.4 is 5.32 Å². The minimum Gasteiger partial charge on any atom is -0.481 e. The van der Waals surface area contributed by atoms with E-state index in [9.17, 15) is 9.59 Å². The summed E-state index contributed by atoms with van der Waals surface area (Å²) in [6.07, 6.45) is 1.63. The number of carbonyl (C=O) groups is 2. The maximum atomic E-state index is 12.4. The molecule has 1 atom stereocenters. The number of hydrogen-bond donors (Lipinski definition) is 2. The second-order valence-corrected chi connectivity index (χ2v) is 6.34. The lowest BCUT2D eigenvalue weighted by molar-refractivity contribution is -0.139. The zero-order valence-corrected chi connectivity index (χ0v) is 13.3. The fourth-order valence-electron chi connectivity index (χ4n) is 2.54. The molecule has 0 radical (unpaired) electrons. The average molecular weight is 315 g/mol. The molecule has 0 fully saturated rings. The summed E-state index contributed by atoms with van der Waals surface area (Å²) in [5, 5.41) is 11.9. The van der Waals surface area contributed by atoms with E-state index >= 15 is 0 Å². The first-order valence-electron chi connectivity index (χ1n) is 7.47. The van der Waals surface area contributed by atoms with Crippen LogP contribution in [0.2, 0.25) is 0 Å². The van der Waals surface area contributed by atoms with Crippen LogP contribution in [0.3, 0.4) is 0 Å². The van der Waals surface area contributed by atoms with E-state index in [0.29, 0.717) is 5.76 Å². The number of aliphatic carboxylic acids is 1. The van der Waals surface area contributed by atoms with Gasteiger partial charge in [-0.3, -0.25) is 9.59 Å². The molecule has 1 unspecified atom stereocenters. The largest absolute Gasteiger partial charge is 0.481 e. The van der Waals surface area contributed by atoms with E-state index < -0.39 is 11.4 Å². The minimum atomic E-state index is -0.909. The van der Waals surface area contributed by atoms with Crippen LogP contribution in [0.15, 0.2) is 53.1 Å². The quantitative estimate of drug-likeness (QED) is 0.821. The number of benzene rings is 1. The number of carboxylic acid groups (broad SMARTS) is 1. The minimum absolute atomic E-state index is 0.0584. The standard InChI is InChI=1S/C18H21NO4/c1-18(2,12-16(21)22)11-15(20)19-17(14-9-6-10-23-14)13-7-4-3-5-8-13/h3-10,17H,11-12H2,1-2H3,(H,19,20)(H,21,22). The number of nitrogens with one attached hydrogen (secondary N) is 1. The lowest BCUT2D eigenvalue weighted by Gasteiger charge is -2.24. The molecule has 2 N–H and O–H groups in total. The van der Waals surface area contributed by atoms with Crippen LogP contribution in [0.25, 0.3) is 0 Å². The molecule has 0 bridgehead atoms. The van der Waals surface area contributed by atoms with Gasteiger partial charge in [-0.15, -0.1) is 0 Å². The third-order valence-electron chi connectivity index (χ3n) is 3.53. The highest BCUT2D eigenvalue weighted by molar-refractivity contribution is 5.78. The van der Waals surface area contributed by atoms with Crippen molar-refractivity contribution in [3.8, 4) is 0 Å². The number of amides is 1. The molecular weight excluding hydrogens is 294 g/mol. The van der Waals surface area contributed by atoms with Crippen LogP contribution in [0.5, 0.6) is 0 Å². The summed E-state index contributed by atoms with van der Waals surface area (Å²) in [6, 6.07) is 12.7. The molecule has 5 heteroatoms. The van der Waals surface area contributed by atoms with Crippen molar-refractivity contribution in [1.29, 1.82) is 0 Å². The second-order valence-electron chi connectivity index (χ2n) is 6.34. The predicted molar refractivity (Wildman–Crippen MR) is 85.8 cm³/mol. The van der Waals surface area contributed by atoms with E-state index in [1.165, 1.54) is 0 Å². The Morgan fingerprint density at radius 1 is 1.13 bits per heavy atom. The van der Waals surface area contributed by atoms with Crippen molar-refractivity contribution in [2.45, 2.75) is 32.7 Å². The van der Waals surface area contributed by atoms with Crippen LogP contribution in [0, 0.1) is 5.41 Å². The lowest BCUT2D eigenvalue weighted by Crippen LogP contribution is -2.33. The van der Waals surface area contributed by atoms with Crippen molar-refractivity contribution in [2.24, 2.45) is 5.41 Å². The van der Waals surface area contributed by atoms with Gasteiger partial charge in [0, 0.05) is 6.42 Å². The normalized spacial score (nSPS) is 12.6. The molecule has 2 aromatic rings. The van der Waals surface area contributed by atoms with E-state index in [0.717, 1.165) is 5.56 Å². The molecule has 0 spiro atoms. The van der Waals surface area contributed by atoms with Gasteiger partial charge in [0.15, 0.2) is 0 Å². The van der Waals surface area contributed by atoms with Gasteiger partial charge >= 0.3 is 5.97 Å². The molecule has 1 aromatic carbocycles. The van der Waals surface area contributed by atoms with Crippen molar-refractivity contribution in [3.05, 3.63) is 60.1 Å². The van der Waals surface area contributed by atoms with Crippen LogP contribution in [0.4, 0.5) is 0 Å². The Labute approximate surface area is 135 Å². The molecule has 1 amide bonds. The van der Waals surface area contributed by atoms with Gasteiger partial charge in [0.25, 0.3) is 0 Å². The maximum absolute atomic E-state index is 12.4. The van der Waals surface area contributed by atoms with E-state index in [-0.39, 0.29) is 24.8 Å². The first kappa shape index (κ1) is 16.8. The number of carboxylic acids is 1. The van der Waals surface area contributed by atoms with Gasteiger partial charge in [-0.1, -0.05) is 44.2 Å². The van der Waals surface area contributed by atoms with Crippen molar-refractivity contribution >= 4 is 11.9 Å². The Kier molecular flexibility index (Phi) is 5.21. The van der Waals surface area contributed by atoms with Crippen molar-refractivity contribution in [1.82, 2.24) is 5.32 Å². The summed E-state index contributed by atoms with van der Waals surface area (Å²) < 4.78 is 5.44. The molecule has 23 heavy (non-hydrogen) atoms. The third-order valence-corrected chi connectivity index (χ3v) is 3.53. The SMILES string of the molecule is CC(C)(CC(=O)O)CC(=O)NC(c1ccccc1)c1ccco1. The van der Waals surface area contributed by atoms with E-state index in [4.69, 9.17) is 9.52 Å². The van der Waals surface area contributed by atoms with Crippen LogP contribution in [-0.2, 0) is 9.59 Å². The summed E-state index contributed by atoms with van der Waals surface area (Å²) in [4.78, 5) is 23.3. The lowest BCUT2D eigenvalue weighted by atomic mass is 9.85. The maximum Gasteiger partial charge on any atom is 0.303 e. The van der Waals surface area contributed by atoms with Crippen molar-refractivity contribution < 1.29 is 19.1 Å². The topological polar surface area (TPSA) is 79.5 Å². The Morgan fingerprint density at radius 3 is 2.39 bits per heavy atom. The Balaban J connectivity index is 2.13. The van der Waals surface area contributed by atoms with Crippen LogP contribution in [0.1, 0.15) is 44.1 Å². The highest BCUT2D eigenvalue weighted by atomic mass is 16.4. The van der Waals surface area contributed by atoms with Gasteiger partial charge in [-0.05, 0) is 23.1 Å². The molecule has 0 saturated carbocycles. The molecule has 0 aliphatic carbocycles. The molecule has 0 saturated heterocycles. The van der Waals surface area contributed by atoms with E-state index in [1.54, 1.807) is 32.2 Å². The Hall–Kier alpha value is -2.56. The predicted octanol–water partition coefficient (Wildman–Crippen LogP) is 3.38. The summed E-state index contributed by atoms with van der Waals surface area (Å²) in [6.45, 7) is 3.54. The van der Waals surface area contributed by atoms with Gasteiger partial charge in [-0.25, -0.2) is 0 Å². The van der Waals surface area contributed by atoms with Gasteiger partial charge in [-0.2, -0.15) is 0 Å². The van der Waals surface area contributed by atoms with Gasteiger partial charge in [0.1, 0.15) is 11.8 Å². The Morgan fingerprint density at radius 2 is 1.83 bits per heavy atom. The highest BCUT2D eigenvalue weighted by Crippen LogP contribution is 2.27. The average Bonchev–Trinajstić information content (AvgIpc) is 2.97. The van der Waals surface area contributed by atoms with Gasteiger partial charge in [0.05, 0.1) is 12.7 Å². The molecule has 1 heterocycles. The number of carbonyl (C=O) groups excluding carboxylic acids is 1. The van der Waals surface area contributed by atoms with Gasteiger partial charge < -0.3 is 14.8 Å². The van der Waals surface area contributed by atoms with Crippen molar-refractivity contribution in [2.75, 3.05) is 0 Å². The molecule has 5 nitrogen and oxygen atoms in total. The van der Waals surface area contributed by atoms with Crippen LogP contribution in [-0.4, -0.2) is 17.0 Å². The molecule has 122 valence electrons. The number of hydrogen-bond acceptors (Lipinski definition) is 3. The van der Waals surface area contributed by atoms with Crippen LogP contribution >= 0.6 is 0 Å². The fraction of sp³-hybridized carbons (Fsp3) is 0.333. The smallest absolute Gasteiger partial charge is 0.303 e. The van der Waals surface area contributed by atoms with E-state index in [1.807, 2.05) is 30.3 Å². The molecule has 1 aromatic heterocycles. The Bertz CT molecular complexity index is 647. The molecule has 0 aliphatic heterocycles. The summed E-state index contributed by atoms with van der Waals surface area (Å²) in [5.41, 5.74) is 0.298. The zero-order valence-electron chi connectivity index (χ0n) is 13.3. The van der Waals surface area contributed by atoms with Gasteiger partial charge in [0.2, 0.25) is 5.91 Å². The molecule has 0 aliphatic rings. The van der Waals surface area contributed by atoms with Crippen molar-refractivity contribution in [3.63, 3.8) is 0 Å². The van der Waals surface area contributed by atoms with E-state index in [2.05, 4.69) is 5.32 Å². The number of rotatable bonds is 7. The third kappa shape index (κ3) is 4.98.